The third-order valence-corrected chi connectivity index (χ3v) is 4.53. The third kappa shape index (κ3) is 3.72. The van der Waals surface area contributed by atoms with Gasteiger partial charge in [-0.3, -0.25) is 0 Å². The third-order valence-electron chi connectivity index (χ3n) is 4.53. The first-order chi connectivity index (χ1) is 9.38. The molecule has 112 valence electrons. The summed E-state index contributed by atoms with van der Waals surface area (Å²) in [5, 5.41) is 9.70. The Hall–Kier alpha value is -1.09. The predicted molar refractivity (Wildman–Crippen MR) is 83.9 cm³/mol. The van der Waals surface area contributed by atoms with Gasteiger partial charge in [0, 0.05) is 19.3 Å². The van der Waals surface area contributed by atoms with E-state index in [4.69, 9.17) is 0 Å². The summed E-state index contributed by atoms with van der Waals surface area (Å²) in [7, 11) is 0. The van der Waals surface area contributed by atoms with Crippen LogP contribution in [0.5, 0.6) is 0 Å². The van der Waals surface area contributed by atoms with E-state index in [1.807, 2.05) is 18.3 Å². The van der Waals surface area contributed by atoms with Crippen molar-refractivity contribution in [2.24, 2.45) is 11.3 Å². The number of aliphatic hydroxyl groups is 1. The Labute approximate surface area is 123 Å². The summed E-state index contributed by atoms with van der Waals surface area (Å²) in [6.45, 7) is 11.0. The van der Waals surface area contributed by atoms with Crippen LogP contribution >= 0.6 is 0 Å². The lowest BCUT2D eigenvalue weighted by Gasteiger charge is -2.30. The molecule has 0 amide bonds. The molecule has 1 unspecified atom stereocenters. The van der Waals surface area contributed by atoms with E-state index < -0.39 is 6.10 Å². The molecule has 1 aliphatic rings. The molecule has 2 heterocycles. The maximum atomic E-state index is 9.70. The highest BCUT2D eigenvalue weighted by Crippen LogP contribution is 2.35. The van der Waals surface area contributed by atoms with Crippen LogP contribution in [0.2, 0.25) is 0 Å². The van der Waals surface area contributed by atoms with E-state index in [1.165, 1.54) is 19.3 Å². The lowest BCUT2D eigenvalue weighted by atomic mass is 9.77. The van der Waals surface area contributed by atoms with Crippen LogP contribution in [-0.4, -0.2) is 23.2 Å². The Bertz CT molecular complexity index is 437. The van der Waals surface area contributed by atoms with Crippen molar-refractivity contribution in [3.05, 3.63) is 23.9 Å². The zero-order valence-electron chi connectivity index (χ0n) is 13.3. The van der Waals surface area contributed by atoms with Gasteiger partial charge in [0.1, 0.15) is 5.82 Å². The van der Waals surface area contributed by atoms with Crippen molar-refractivity contribution in [3.63, 3.8) is 0 Å². The molecule has 1 aromatic rings. The van der Waals surface area contributed by atoms with Gasteiger partial charge in [0.25, 0.3) is 0 Å². The van der Waals surface area contributed by atoms with E-state index in [0.29, 0.717) is 5.41 Å². The SMILES string of the molecule is C[C@H](O)c1ccnc(N2CCCC(C(C)(C)C)CC2)c1. The molecule has 0 spiro atoms. The zero-order chi connectivity index (χ0) is 14.8. The van der Waals surface area contributed by atoms with Crippen molar-refractivity contribution in [2.45, 2.75) is 53.1 Å². The normalized spacial score (nSPS) is 22.4. The number of anilines is 1. The topological polar surface area (TPSA) is 36.4 Å². The first-order valence-electron chi connectivity index (χ1n) is 7.77. The van der Waals surface area contributed by atoms with Crippen molar-refractivity contribution >= 4 is 5.82 Å². The largest absolute Gasteiger partial charge is 0.389 e. The molecule has 1 aromatic heterocycles. The maximum Gasteiger partial charge on any atom is 0.128 e. The van der Waals surface area contributed by atoms with Crippen LogP contribution in [0, 0.1) is 11.3 Å². The molecule has 3 nitrogen and oxygen atoms in total. The lowest BCUT2D eigenvalue weighted by molar-refractivity contribution is 0.199. The number of hydrogen-bond donors (Lipinski definition) is 1. The molecule has 0 saturated carbocycles. The fourth-order valence-electron chi connectivity index (χ4n) is 3.06. The minimum Gasteiger partial charge on any atom is -0.389 e. The molecule has 1 N–H and O–H groups in total. The van der Waals surface area contributed by atoms with Crippen molar-refractivity contribution < 1.29 is 5.11 Å². The van der Waals surface area contributed by atoms with Gasteiger partial charge in [0.05, 0.1) is 6.10 Å². The summed E-state index contributed by atoms with van der Waals surface area (Å²) in [5.41, 5.74) is 1.34. The first kappa shape index (κ1) is 15.3. The number of nitrogens with zero attached hydrogens (tertiary/aromatic N) is 2. The van der Waals surface area contributed by atoms with E-state index in [1.54, 1.807) is 6.92 Å². The van der Waals surface area contributed by atoms with Crippen LogP contribution in [0.25, 0.3) is 0 Å². The van der Waals surface area contributed by atoms with Crippen LogP contribution in [0.4, 0.5) is 5.82 Å². The fourth-order valence-corrected chi connectivity index (χ4v) is 3.06. The number of rotatable bonds is 2. The Morgan fingerprint density at radius 2 is 2.05 bits per heavy atom. The van der Waals surface area contributed by atoms with E-state index in [9.17, 15) is 5.11 Å². The molecule has 0 bridgehead atoms. The van der Waals surface area contributed by atoms with Gasteiger partial charge < -0.3 is 10.0 Å². The lowest BCUT2D eigenvalue weighted by Crippen LogP contribution is -2.26. The van der Waals surface area contributed by atoms with E-state index in [2.05, 4.69) is 30.7 Å². The average Bonchev–Trinajstić information content (AvgIpc) is 2.64. The van der Waals surface area contributed by atoms with Crippen molar-refractivity contribution in [2.75, 3.05) is 18.0 Å². The van der Waals surface area contributed by atoms with E-state index in [-0.39, 0.29) is 0 Å². The maximum absolute atomic E-state index is 9.70. The van der Waals surface area contributed by atoms with Gasteiger partial charge in [-0.15, -0.1) is 0 Å². The molecule has 1 aliphatic heterocycles. The van der Waals surface area contributed by atoms with Crippen LogP contribution in [0.1, 0.15) is 58.6 Å². The molecule has 0 aromatic carbocycles. The van der Waals surface area contributed by atoms with Gasteiger partial charge in [-0.2, -0.15) is 0 Å². The fraction of sp³-hybridized carbons (Fsp3) is 0.706. The minimum absolute atomic E-state index is 0.394. The summed E-state index contributed by atoms with van der Waals surface area (Å²) < 4.78 is 0. The van der Waals surface area contributed by atoms with Crippen molar-refractivity contribution in [1.82, 2.24) is 4.98 Å². The van der Waals surface area contributed by atoms with E-state index >= 15 is 0 Å². The second kappa shape index (κ2) is 6.13. The molecule has 1 saturated heterocycles. The van der Waals surface area contributed by atoms with Gasteiger partial charge in [0.15, 0.2) is 0 Å². The second-order valence-corrected chi connectivity index (χ2v) is 7.10. The smallest absolute Gasteiger partial charge is 0.128 e. The summed E-state index contributed by atoms with van der Waals surface area (Å²) in [4.78, 5) is 6.86. The molecular formula is C17H28N2O. The molecule has 2 rings (SSSR count). The zero-order valence-corrected chi connectivity index (χ0v) is 13.3. The highest BCUT2D eigenvalue weighted by molar-refractivity contribution is 5.41. The van der Waals surface area contributed by atoms with Gasteiger partial charge in [-0.1, -0.05) is 20.8 Å². The molecular weight excluding hydrogens is 248 g/mol. The Kier molecular flexibility index (Phi) is 4.69. The molecule has 0 radical (unpaired) electrons. The average molecular weight is 276 g/mol. The Morgan fingerprint density at radius 3 is 2.70 bits per heavy atom. The second-order valence-electron chi connectivity index (χ2n) is 7.10. The highest BCUT2D eigenvalue weighted by atomic mass is 16.3. The number of aromatic nitrogens is 1. The summed E-state index contributed by atoms with van der Waals surface area (Å²) >= 11 is 0. The first-order valence-corrected chi connectivity index (χ1v) is 7.77. The minimum atomic E-state index is -0.425. The summed E-state index contributed by atoms with van der Waals surface area (Å²) in [6.07, 6.45) is 5.14. The number of hydrogen-bond acceptors (Lipinski definition) is 3. The molecule has 0 aliphatic carbocycles. The highest BCUT2D eigenvalue weighted by Gasteiger charge is 2.27. The van der Waals surface area contributed by atoms with Crippen molar-refractivity contribution in [3.8, 4) is 0 Å². The molecule has 2 atom stereocenters. The van der Waals surface area contributed by atoms with Gasteiger partial charge in [-0.05, 0) is 55.2 Å². The number of pyridine rings is 1. The summed E-state index contributed by atoms with van der Waals surface area (Å²) in [5.74, 6) is 1.80. The van der Waals surface area contributed by atoms with Gasteiger partial charge in [0.2, 0.25) is 0 Å². The monoisotopic (exact) mass is 276 g/mol. The quantitative estimate of drug-likeness (QED) is 0.893. The predicted octanol–water partition coefficient (Wildman–Crippen LogP) is 3.79. The standard InChI is InChI=1S/C17H28N2O/c1-13(20)14-7-9-18-16(12-14)19-10-5-6-15(8-11-19)17(2,3)4/h7,9,12-13,15,20H,5-6,8,10-11H2,1-4H3/t13-,15?/m0/s1. The van der Waals surface area contributed by atoms with Crippen LogP contribution in [0.15, 0.2) is 18.3 Å². The molecule has 1 fully saturated rings. The Morgan fingerprint density at radius 1 is 1.30 bits per heavy atom. The van der Waals surface area contributed by atoms with Crippen molar-refractivity contribution in [1.29, 1.82) is 0 Å². The number of aliphatic hydroxyl groups excluding tert-OH is 1. The van der Waals surface area contributed by atoms with Crippen LogP contribution in [0.3, 0.4) is 0 Å². The summed E-state index contributed by atoms with van der Waals surface area (Å²) in [6, 6.07) is 3.92. The molecule has 3 heteroatoms. The van der Waals surface area contributed by atoms with Gasteiger partial charge in [-0.25, -0.2) is 4.98 Å². The molecule has 20 heavy (non-hydrogen) atoms. The van der Waals surface area contributed by atoms with Crippen LogP contribution < -0.4 is 4.90 Å². The van der Waals surface area contributed by atoms with Crippen LogP contribution in [-0.2, 0) is 0 Å². The van der Waals surface area contributed by atoms with E-state index in [0.717, 1.165) is 30.4 Å². The Balaban J connectivity index is 2.09. The van der Waals surface area contributed by atoms with Gasteiger partial charge >= 0.3 is 0 Å².